The van der Waals surface area contributed by atoms with E-state index in [4.69, 9.17) is 9.47 Å². The van der Waals surface area contributed by atoms with Gasteiger partial charge in [0.25, 0.3) is 0 Å². The molecule has 0 radical (unpaired) electrons. The molecule has 0 aromatic heterocycles. The highest BCUT2D eigenvalue weighted by Crippen LogP contribution is 2.71. The summed E-state index contributed by atoms with van der Waals surface area (Å²) in [4.78, 5) is 37.4. The minimum absolute atomic E-state index is 0.236. The van der Waals surface area contributed by atoms with Crippen molar-refractivity contribution in [2.45, 2.75) is 94.5 Å². The third-order valence-electron chi connectivity index (χ3n) is 10.9. The van der Waals surface area contributed by atoms with Crippen LogP contribution in [0.2, 0.25) is 0 Å². The number of hydrogen-bond acceptors (Lipinski definition) is 10. The maximum absolute atomic E-state index is 17.5. The van der Waals surface area contributed by atoms with Gasteiger partial charge in [0.15, 0.2) is 29.6 Å². The predicted molar refractivity (Wildman–Crippen MR) is 133 cm³/mol. The minimum Gasteiger partial charge on any atom is -0.479 e. The van der Waals surface area contributed by atoms with Gasteiger partial charge in [0.1, 0.15) is 30.5 Å². The molecule has 1 unspecified atom stereocenters. The maximum Gasteiger partial charge on any atom is 0.335 e. The Morgan fingerprint density at radius 2 is 1.80 bits per heavy atom. The summed E-state index contributed by atoms with van der Waals surface area (Å²) >= 11 is 0. The Morgan fingerprint density at radius 3 is 2.42 bits per heavy atom. The van der Waals surface area contributed by atoms with Crippen LogP contribution in [-0.4, -0.2) is 103 Å². The number of alkyl halides is 1. The summed E-state index contributed by atoms with van der Waals surface area (Å²) in [5, 5.41) is 62.3. The van der Waals surface area contributed by atoms with Gasteiger partial charge in [-0.05, 0) is 56.6 Å². The van der Waals surface area contributed by atoms with Gasteiger partial charge in [-0.15, -0.1) is 0 Å². The monoisotopic (exact) mass is 568 g/mol. The van der Waals surface area contributed by atoms with Gasteiger partial charge in [-0.1, -0.05) is 25.5 Å². The van der Waals surface area contributed by atoms with Crippen molar-refractivity contribution in [1.82, 2.24) is 0 Å². The molecule has 0 bridgehead atoms. The molecule has 6 N–H and O–H groups in total. The number of halogens is 1. The van der Waals surface area contributed by atoms with Crippen molar-refractivity contribution in [2.75, 3.05) is 6.61 Å². The molecular formula is C28H37FO11. The molecule has 4 aliphatic carbocycles. The van der Waals surface area contributed by atoms with E-state index in [2.05, 4.69) is 0 Å². The fourth-order valence-electron chi connectivity index (χ4n) is 8.89. The second kappa shape index (κ2) is 9.48. The van der Waals surface area contributed by atoms with Crippen LogP contribution < -0.4 is 0 Å². The lowest BCUT2D eigenvalue weighted by atomic mass is 9.44. The number of allylic oxidation sites excluding steroid dienone is 4. The number of carboxylic acids is 1. The minimum atomic E-state index is -2.19. The first-order valence-corrected chi connectivity index (χ1v) is 13.7. The highest BCUT2D eigenvalue weighted by Gasteiger charge is 2.77. The molecule has 12 heteroatoms. The second-order valence-electron chi connectivity index (χ2n) is 12.6. The Balaban J connectivity index is 1.58. The Labute approximate surface area is 230 Å². The predicted octanol–water partition coefficient (Wildman–Crippen LogP) is -0.188. The number of fused-ring (bicyclic) bond motifs is 5. The van der Waals surface area contributed by atoms with Gasteiger partial charge >= 0.3 is 5.97 Å². The number of carboxylic acid groups (broad SMARTS) is 1. The average Bonchev–Trinajstić information content (AvgIpc) is 3.11. The standard InChI is InChI=1S/C28H37FO11/c1-12-8-16-15-5-4-13-9-14(31)6-7-25(13,2)27(15,29)17(32)10-26(16,3)28(12,18(33)11-30)40-24-21(36)19(34)20(35)22(39-24)23(37)38/h6-7,9,12,15-17,19-22,24,30,32,34-36H,4-5,8,10-11H2,1-3H3,(H,37,38)/t12-,15+,16+,17+,19+,20+,21-,22+,24?,25+,26+,27+,28+/m1/s1. The Hall–Kier alpha value is -2.06. The highest BCUT2D eigenvalue weighted by atomic mass is 19.1. The molecular weight excluding hydrogens is 531 g/mol. The van der Waals surface area contributed by atoms with Crippen molar-refractivity contribution < 1.29 is 58.9 Å². The number of aliphatic hydroxyl groups excluding tert-OH is 5. The SMILES string of the molecule is C[C@@H]1C[C@H]2[C@@H]3CCC4=CC(=O)C=C[C@]4(C)[C@@]3(F)[C@@H](O)C[C@]2(C)[C@@]1(OC1O[C@H](C(=O)O)[C@@H](O)[C@H](O)[C@H]1O)C(=O)CO. The summed E-state index contributed by atoms with van der Waals surface area (Å²) in [7, 11) is 0. The molecule has 0 aromatic carbocycles. The van der Waals surface area contributed by atoms with Gasteiger partial charge in [-0.2, -0.15) is 0 Å². The zero-order chi connectivity index (χ0) is 29.6. The van der Waals surface area contributed by atoms with Crippen LogP contribution >= 0.6 is 0 Å². The van der Waals surface area contributed by atoms with Crippen LogP contribution in [0.15, 0.2) is 23.8 Å². The highest BCUT2D eigenvalue weighted by molar-refractivity contribution is 6.01. The number of ether oxygens (including phenoxy) is 2. The number of Topliss-reactive ketones (excluding diaryl/α,β-unsaturated/α-hetero) is 1. The molecule has 11 nitrogen and oxygen atoms in total. The molecule has 222 valence electrons. The van der Waals surface area contributed by atoms with Crippen LogP contribution in [0.1, 0.15) is 46.5 Å². The first kappa shape index (κ1) is 29.4. The van der Waals surface area contributed by atoms with Crippen molar-refractivity contribution in [3.63, 3.8) is 0 Å². The van der Waals surface area contributed by atoms with Gasteiger partial charge in [-0.3, -0.25) is 9.59 Å². The van der Waals surface area contributed by atoms with Crippen molar-refractivity contribution >= 4 is 17.5 Å². The van der Waals surface area contributed by atoms with Crippen molar-refractivity contribution in [3.05, 3.63) is 23.8 Å². The summed E-state index contributed by atoms with van der Waals surface area (Å²) in [6.45, 7) is 3.97. The average molecular weight is 569 g/mol. The molecule has 4 fully saturated rings. The molecule has 5 aliphatic rings. The maximum atomic E-state index is 17.5. The van der Waals surface area contributed by atoms with Crippen molar-refractivity contribution in [3.8, 4) is 0 Å². The van der Waals surface area contributed by atoms with Crippen LogP contribution in [0.4, 0.5) is 4.39 Å². The lowest BCUT2D eigenvalue weighted by Gasteiger charge is -2.63. The summed E-state index contributed by atoms with van der Waals surface area (Å²) in [6.07, 6.45) is -6.58. The zero-order valence-electron chi connectivity index (χ0n) is 22.6. The number of rotatable bonds is 5. The van der Waals surface area contributed by atoms with E-state index in [1.54, 1.807) is 20.8 Å². The molecule has 5 rings (SSSR count). The summed E-state index contributed by atoms with van der Waals surface area (Å²) in [5.74, 6) is -4.77. The molecule has 1 aliphatic heterocycles. The van der Waals surface area contributed by atoms with E-state index in [1.165, 1.54) is 18.2 Å². The number of carbonyl (C=O) groups is 3. The number of aliphatic carboxylic acids is 1. The van der Waals surface area contributed by atoms with E-state index >= 15 is 4.39 Å². The van der Waals surface area contributed by atoms with Crippen LogP contribution in [0.5, 0.6) is 0 Å². The van der Waals surface area contributed by atoms with Gasteiger partial charge in [-0.25, -0.2) is 9.18 Å². The largest absolute Gasteiger partial charge is 0.479 e. The lowest BCUT2D eigenvalue weighted by molar-refractivity contribution is -0.336. The van der Waals surface area contributed by atoms with Gasteiger partial charge in [0.05, 0.1) is 6.10 Å². The van der Waals surface area contributed by atoms with Crippen LogP contribution in [-0.2, 0) is 23.9 Å². The van der Waals surface area contributed by atoms with E-state index < -0.39 is 95.0 Å². The van der Waals surface area contributed by atoms with Crippen LogP contribution in [0.3, 0.4) is 0 Å². The third kappa shape index (κ3) is 3.56. The molecule has 40 heavy (non-hydrogen) atoms. The van der Waals surface area contributed by atoms with Gasteiger partial charge in [0, 0.05) is 16.7 Å². The molecule has 1 heterocycles. The van der Waals surface area contributed by atoms with E-state index in [-0.39, 0.29) is 25.0 Å². The fraction of sp³-hybridized carbons (Fsp3) is 0.750. The summed E-state index contributed by atoms with van der Waals surface area (Å²) < 4.78 is 29.0. The van der Waals surface area contributed by atoms with Crippen LogP contribution in [0, 0.1) is 28.6 Å². The van der Waals surface area contributed by atoms with E-state index in [9.17, 15) is 45.0 Å². The smallest absolute Gasteiger partial charge is 0.335 e. The summed E-state index contributed by atoms with van der Waals surface area (Å²) in [6, 6.07) is 0. The first-order valence-electron chi connectivity index (χ1n) is 13.7. The molecule has 3 saturated carbocycles. The van der Waals surface area contributed by atoms with Crippen molar-refractivity contribution in [2.24, 2.45) is 28.6 Å². The first-order chi connectivity index (χ1) is 18.6. The Kier molecular flexibility index (Phi) is 6.98. The second-order valence-corrected chi connectivity index (χ2v) is 12.6. The number of carbonyl (C=O) groups excluding carboxylic acids is 2. The molecule has 1 saturated heterocycles. The van der Waals surface area contributed by atoms with Crippen LogP contribution in [0.25, 0.3) is 0 Å². The molecule has 0 amide bonds. The fourth-order valence-corrected chi connectivity index (χ4v) is 8.89. The summed E-state index contributed by atoms with van der Waals surface area (Å²) in [5.41, 5.74) is -6.15. The lowest BCUT2D eigenvalue weighted by Crippen LogP contribution is -2.71. The quantitative estimate of drug-likeness (QED) is 0.258. The number of aliphatic hydroxyl groups is 5. The van der Waals surface area contributed by atoms with E-state index in [0.29, 0.717) is 12.0 Å². The van der Waals surface area contributed by atoms with E-state index in [1.807, 2.05) is 0 Å². The third-order valence-corrected chi connectivity index (χ3v) is 10.9. The Bertz CT molecular complexity index is 1170. The van der Waals surface area contributed by atoms with Crippen molar-refractivity contribution in [1.29, 1.82) is 0 Å². The molecule has 0 aromatic rings. The molecule has 13 atom stereocenters. The van der Waals surface area contributed by atoms with Gasteiger partial charge in [0.2, 0.25) is 0 Å². The number of hydrogen-bond donors (Lipinski definition) is 6. The van der Waals surface area contributed by atoms with Gasteiger partial charge < -0.3 is 40.1 Å². The van der Waals surface area contributed by atoms with E-state index in [0.717, 1.165) is 0 Å². The normalized spacial score (nSPS) is 51.9. The Morgan fingerprint density at radius 1 is 1.12 bits per heavy atom. The number of ketones is 2. The molecule has 0 spiro atoms. The topological polar surface area (TPSA) is 191 Å². The zero-order valence-corrected chi connectivity index (χ0v) is 22.6.